The lowest BCUT2D eigenvalue weighted by Crippen LogP contribution is -2.24. The maximum atomic E-state index is 14.0. The van der Waals surface area contributed by atoms with Gasteiger partial charge in [-0.3, -0.25) is 0 Å². The molecule has 3 aromatic rings. The minimum atomic E-state index is -3.62. The Bertz CT molecular complexity index is 1080. The smallest absolute Gasteiger partial charge is 0.240 e. The molecule has 4 rings (SSSR count). The number of hydrogen-bond acceptors (Lipinski definition) is 2. The Hall–Kier alpha value is -2.44. The van der Waals surface area contributed by atoms with Gasteiger partial charge in [-0.25, -0.2) is 17.5 Å². The van der Waals surface area contributed by atoms with E-state index in [1.54, 1.807) is 30.3 Å². The molecule has 1 aliphatic rings. The zero-order chi connectivity index (χ0) is 21.0. The van der Waals surface area contributed by atoms with Crippen LogP contribution in [0, 0.1) is 5.82 Å². The normalized spacial score (nSPS) is 15.4. The van der Waals surface area contributed by atoms with Crippen molar-refractivity contribution in [3.63, 3.8) is 0 Å². The lowest BCUT2D eigenvalue weighted by atomic mass is 9.84. The summed E-state index contributed by atoms with van der Waals surface area (Å²) in [6.07, 6.45) is 7.99. The first kappa shape index (κ1) is 20.8. The molecule has 0 atom stereocenters. The van der Waals surface area contributed by atoms with Crippen LogP contribution in [0.1, 0.15) is 54.8 Å². The van der Waals surface area contributed by atoms with Crippen LogP contribution >= 0.6 is 0 Å². The fourth-order valence-corrected chi connectivity index (χ4v) is 5.18. The summed E-state index contributed by atoms with van der Waals surface area (Å²) < 4.78 is 44.0. The molecule has 2 aromatic carbocycles. The molecule has 1 aromatic heterocycles. The minimum absolute atomic E-state index is 0.147. The van der Waals surface area contributed by atoms with Gasteiger partial charge >= 0.3 is 0 Å². The third-order valence-corrected chi connectivity index (χ3v) is 7.35. The number of nitrogens with zero attached hydrogens (tertiary/aromatic N) is 1. The van der Waals surface area contributed by atoms with Crippen molar-refractivity contribution in [3.05, 3.63) is 89.5 Å². The topological polar surface area (TPSA) is 51.1 Å². The van der Waals surface area contributed by atoms with Crippen molar-refractivity contribution in [1.82, 2.24) is 9.29 Å². The highest BCUT2D eigenvalue weighted by Crippen LogP contribution is 2.32. The molecule has 1 heterocycles. The van der Waals surface area contributed by atoms with Crippen molar-refractivity contribution < 1.29 is 12.8 Å². The molecule has 0 aliphatic heterocycles. The van der Waals surface area contributed by atoms with Gasteiger partial charge in [-0.15, -0.1) is 0 Å². The van der Waals surface area contributed by atoms with Gasteiger partial charge in [0.15, 0.2) is 0 Å². The average Bonchev–Trinajstić information content (AvgIpc) is 3.22. The van der Waals surface area contributed by atoms with E-state index in [0.29, 0.717) is 18.0 Å². The predicted molar refractivity (Wildman–Crippen MR) is 116 cm³/mol. The number of hydrogen-bond donors (Lipinski definition) is 1. The Morgan fingerprint density at radius 3 is 2.40 bits per heavy atom. The van der Waals surface area contributed by atoms with Crippen molar-refractivity contribution >= 4 is 10.0 Å². The van der Waals surface area contributed by atoms with Gasteiger partial charge in [0.25, 0.3) is 0 Å². The van der Waals surface area contributed by atoms with Gasteiger partial charge in [0.05, 0.1) is 18.0 Å². The third-order valence-electron chi connectivity index (χ3n) is 5.93. The predicted octanol–water partition coefficient (Wildman–Crippen LogP) is 5.20. The van der Waals surface area contributed by atoms with Crippen LogP contribution in [0.25, 0.3) is 0 Å². The first-order valence-corrected chi connectivity index (χ1v) is 12.0. The highest BCUT2D eigenvalue weighted by molar-refractivity contribution is 7.89. The van der Waals surface area contributed by atoms with Gasteiger partial charge in [0, 0.05) is 17.5 Å². The summed E-state index contributed by atoms with van der Waals surface area (Å²) in [5.74, 6) is 0.279. The van der Waals surface area contributed by atoms with Crippen molar-refractivity contribution in [2.75, 3.05) is 0 Å². The summed E-state index contributed by atoms with van der Waals surface area (Å²) in [7, 11) is -3.62. The SMILES string of the molecule is O=S(=O)(NCc1cccn1Cc1ccccc1F)c1ccc(C2CCCCC2)cc1. The molecule has 0 bridgehead atoms. The Morgan fingerprint density at radius 1 is 0.933 bits per heavy atom. The zero-order valence-electron chi connectivity index (χ0n) is 16.9. The monoisotopic (exact) mass is 426 g/mol. The summed E-state index contributed by atoms with van der Waals surface area (Å²) >= 11 is 0. The minimum Gasteiger partial charge on any atom is -0.346 e. The highest BCUT2D eigenvalue weighted by atomic mass is 32.2. The Labute approximate surface area is 177 Å². The molecule has 158 valence electrons. The number of rotatable bonds is 7. The van der Waals surface area contributed by atoms with E-state index in [1.165, 1.54) is 43.7 Å². The first-order valence-electron chi connectivity index (χ1n) is 10.5. The van der Waals surface area contributed by atoms with Gasteiger partial charge in [0.1, 0.15) is 5.82 Å². The number of aromatic nitrogens is 1. The van der Waals surface area contributed by atoms with E-state index in [9.17, 15) is 12.8 Å². The van der Waals surface area contributed by atoms with Crippen LogP contribution < -0.4 is 4.72 Å². The summed E-state index contributed by atoms with van der Waals surface area (Å²) in [5.41, 5.74) is 2.57. The molecule has 30 heavy (non-hydrogen) atoms. The van der Waals surface area contributed by atoms with Crippen molar-refractivity contribution in [1.29, 1.82) is 0 Å². The van der Waals surface area contributed by atoms with Gasteiger partial charge in [0.2, 0.25) is 10.0 Å². The number of sulfonamides is 1. The largest absolute Gasteiger partial charge is 0.346 e. The molecule has 1 N–H and O–H groups in total. The zero-order valence-corrected chi connectivity index (χ0v) is 17.7. The maximum Gasteiger partial charge on any atom is 0.240 e. The molecule has 1 saturated carbocycles. The lowest BCUT2D eigenvalue weighted by molar-refractivity contribution is 0.443. The molecular formula is C24H27FN2O2S. The summed E-state index contributed by atoms with van der Waals surface area (Å²) in [4.78, 5) is 0.272. The molecule has 6 heteroatoms. The fraction of sp³-hybridized carbons (Fsp3) is 0.333. The second kappa shape index (κ2) is 9.14. The lowest BCUT2D eigenvalue weighted by Gasteiger charge is -2.22. The van der Waals surface area contributed by atoms with E-state index in [-0.39, 0.29) is 17.3 Å². The molecule has 0 saturated heterocycles. The summed E-state index contributed by atoms with van der Waals surface area (Å²) in [5, 5.41) is 0. The molecule has 0 radical (unpaired) electrons. The standard InChI is InChI=1S/C24H27FN2O2S/c25-24-11-5-4-9-21(24)18-27-16-6-10-22(27)17-26-30(28,29)23-14-12-20(13-15-23)19-7-2-1-3-8-19/h4-6,9-16,19,26H,1-3,7-8,17-18H2. The Balaban J connectivity index is 1.42. The molecule has 0 unspecified atom stereocenters. The van der Waals surface area contributed by atoms with Gasteiger partial charge in [-0.05, 0) is 54.7 Å². The van der Waals surface area contributed by atoms with E-state index in [0.717, 1.165) is 5.69 Å². The van der Waals surface area contributed by atoms with Crippen molar-refractivity contribution in [3.8, 4) is 0 Å². The number of nitrogens with one attached hydrogen (secondary N) is 1. The second-order valence-electron chi connectivity index (χ2n) is 7.95. The van der Waals surface area contributed by atoms with E-state index < -0.39 is 10.0 Å². The van der Waals surface area contributed by atoms with Crippen LogP contribution in [0.3, 0.4) is 0 Å². The van der Waals surface area contributed by atoms with Crippen LogP contribution in [0.2, 0.25) is 0 Å². The van der Waals surface area contributed by atoms with Crippen molar-refractivity contribution in [2.45, 2.75) is 56.0 Å². The van der Waals surface area contributed by atoms with Gasteiger partial charge in [-0.1, -0.05) is 49.6 Å². The molecule has 0 spiro atoms. The van der Waals surface area contributed by atoms with E-state index in [2.05, 4.69) is 4.72 Å². The molecule has 4 nitrogen and oxygen atoms in total. The first-order chi connectivity index (χ1) is 14.5. The molecule has 1 fully saturated rings. The van der Waals surface area contributed by atoms with E-state index >= 15 is 0 Å². The Morgan fingerprint density at radius 2 is 1.67 bits per heavy atom. The molecular weight excluding hydrogens is 399 g/mol. The summed E-state index contributed by atoms with van der Waals surface area (Å²) in [6, 6.07) is 17.6. The fourth-order valence-electron chi connectivity index (χ4n) is 4.18. The van der Waals surface area contributed by atoms with Crippen LogP contribution in [-0.4, -0.2) is 13.0 Å². The quantitative estimate of drug-likeness (QED) is 0.564. The van der Waals surface area contributed by atoms with Crippen molar-refractivity contribution in [2.24, 2.45) is 0 Å². The number of halogens is 1. The third kappa shape index (κ3) is 4.82. The maximum absolute atomic E-state index is 14.0. The highest BCUT2D eigenvalue weighted by Gasteiger charge is 2.18. The van der Waals surface area contributed by atoms with Crippen LogP contribution in [0.4, 0.5) is 4.39 Å². The van der Waals surface area contributed by atoms with Gasteiger partial charge < -0.3 is 4.57 Å². The molecule has 0 amide bonds. The number of benzene rings is 2. The average molecular weight is 427 g/mol. The summed E-state index contributed by atoms with van der Waals surface area (Å²) in [6.45, 7) is 0.501. The Kier molecular flexibility index (Phi) is 6.35. The van der Waals surface area contributed by atoms with E-state index in [4.69, 9.17) is 0 Å². The van der Waals surface area contributed by atoms with E-state index in [1.807, 2.05) is 35.0 Å². The van der Waals surface area contributed by atoms with Crippen LogP contribution in [-0.2, 0) is 23.1 Å². The molecule has 1 aliphatic carbocycles. The second-order valence-corrected chi connectivity index (χ2v) is 9.71. The van der Waals surface area contributed by atoms with Gasteiger partial charge in [-0.2, -0.15) is 0 Å². The van der Waals surface area contributed by atoms with Crippen LogP contribution in [0.5, 0.6) is 0 Å². The van der Waals surface area contributed by atoms with Crippen LogP contribution in [0.15, 0.2) is 71.8 Å².